The lowest BCUT2D eigenvalue weighted by atomic mass is 9.95. The lowest BCUT2D eigenvalue weighted by molar-refractivity contribution is -0.132. The number of carbonyl (C=O) groups excluding carboxylic acids is 2. The molecule has 1 saturated heterocycles. The third-order valence-electron chi connectivity index (χ3n) is 6.19. The number of aliphatic hydroxyl groups excluding tert-OH is 1. The van der Waals surface area contributed by atoms with Crippen LogP contribution in [0.15, 0.2) is 109 Å². The van der Waals surface area contributed by atoms with E-state index in [-0.39, 0.29) is 17.1 Å². The fraction of sp³-hybridized carbons (Fsp3) is 0.0968. The monoisotopic (exact) mass is 507 g/mol. The van der Waals surface area contributed by atoms with Gasteiger partial charge in [-0.05, 0) is 85.3 Å². The Bertz CT molecular complexity index is 1480. The molecule has 0 bridgehead atoms. The van der Waals surface area contributed by atoms with E-state index in [9.17, 15) is 19.8 Å². The van der Waals surface area contributed by atoms with Gasteiger partial charge >= 0.3 is 0 Å². The molecule has 0 radical (unpaired) electrons. The predicted octanol–water partition coefficient (Wildman–Crippen LogP) is 6.21. The standard InChI is InChI=1S/C31H25NO6/c1-2-37-24-16-10-21(11-17-24)29(34)27-28(20-8-14-23(33)15-9-20)32(31(36)30(27)35)22-12-18-26(19-13-22)38-25-6-4-3-5-7-25/h3-19,28,33-34H,2H2,1H3/b29-27+. The first-order valence-electron chi connectivity index (χ1n) is 12.1. The average Bonchev–Trinajstić information content (AvgIpc) is 3.20. The fourth-order valence-corrected chi connectivity index (χ4v) is 4.40. The summed E-state index contributed by atoms with van der Waals surface area (Å²) < 4.78 is 11.3. The van der Waals surface area contributed by atoms with Crippen LogP contribution in [0, 0.1) is 0 Å². The lowest BCUT2D eigenvalue weighted by Crippen LogP contribution is -2.29. The van der Waals surface area contributed by atoms with E-state index < -0.39 is 17.7 Å². The highest BCUT2D eigenvalue weighted by atomic mass is 16.5. The molecular weight excluding hydrogens is 482 g/mol. The van der Waals surface area contributed by atoms with Crippen molar-refractivity contribution in [3.63, 3.8) is 0 Å². The van der Waals surface area contributed by atoms with E-state index in [1.54, 1.807) is 60.7 Å². The molecule has 7 heteroatoms. The van der Waals surface area contributed by atoms with Crippen LogP contribution in [-0.4, -0.2) is 28.5 Å². The van der Waals surface area contributed by atoms with Crippen LogP contribution in [0.5, 0.6) is 23.0 Å². The highest BCUT2D eigenvalue weighted by Crippen LogP contribution is 2.43. The number of aromatic hydroxyl groups is 1. The topological polar surface area (TPSA) is 96.3 Å². The zero-order valence-corrected chi connectivity index (χ0v) is 20.6. The number of ether oxygens (including phenoxy) is 2. The van der Waals surface area contributed by atoms with Crippen LogP contribution in [0.2, 0.25) is 0 Å². The van der Waals surface area contributed by atoms with E-state index in [1.807, 2.05) is 37.3 Å². The molecule has 5 rings (SSSR count). The van der Waals surface area contributed by atoms with Crippen LogP contribution in [-0.2, 0) is 9.59 Å². The molecule has 4 aromatic rings. The summed E-state index contributed by atoms with van der Waals surface area (Å²) in [4.78, 5) is 28.0. The minimum absolute atomic E-state index is 0.0413. The predicted molar refractivity (Wildman–Crippen MR) is 143 cm³/mol. The lowest BCUT2D eigenvalue weighted by Gasteiger charge is -2.25. The zero-order valence-electron chi connectivity index (χ0n) is 20.6. The van der Waals surface area contributed by atoms with Gasteiger partial charge in [-0.15, -0.1) is 0 Å². The molecule has 1 aliphatic heterocycles. The highest BCUT2D eigenvalue weighted by molar-refractivity contribution is 6.51. The Morgan fingerprint density at radius 2 is 1.39 bits per heavy atom. The number of anilines is 1. The minimum Gasteiger partial charge on any atom is -0.508 e. The molecule has 0 saturated carbocycles. The smallest absolute Gasteiger partial charge is 0.300 e. The van der Waals surface area contributed by atoms with Crippen molar-refractivity contribution in [1.82, 2.24) is 0 Å². The number of Topliss-reactive ketones (excluding diaryl/α,β-unsaturated/α-hetero) is 1. The Morgan fingerprint density at radius 3 is 2.03 bits per heavy atom. The fourth-order valence-electron chi connectivity index (χ4n) is 4.40. The van der Waals surface area contributed by atoms with Gasteiger partial charge in [0, 0.05) is 11.3 Å². The van der Waals surface area contributed by atoms with Crippen LogP contribution in [0.1, 0.15) is 24.1 Å². The van der Waals surface area contributed by atoms with Crippen molar-refractivity contribution >= 4 is 23.1 Å². The third kappa shape index (κ3) is 4.82. The Kier molecular flexibility index (Phi) is 6.82. The van der Waals surface area contributed by atoms with Crippen molar-refractivity contribution in [2.45, 2.75) is 13.0 Å². The summed E-state index contributed by atoms with van der Waals surface area (Å²) in [6.07, 6.45) is 0. The molecule has 1 fully saturated rings. The Morgan fingerprint density at radius 1 is 0.789 bits per heavy atom. The Balaban J connectivity index is 1.56. The van der Waals surface area contributed by atoms with Crippen molar-refractivity contribution in [2.24, 2.45) is 0 Å². The van der Waals surface area contributed by atoms with Gasteiger partial charge in [0.15, 0.2) is 0 Å². The van der Waals surface area contributed by atoms with E-state index in [0.717, 1.165) is 0 Å². The van der Waals surface area contributed by atoms with E-state index in [4.69, 9.17) is 9.47 Å². The van der Waals surface area contributed by atoms with E-state index >= 15 is 0 Å². The molecule has 1 unspecified atom stereocenters. The largest absolute Gasteiger partial charge is 0.508 e. The van der Waals surface area contributed by atoms with Gasteiger partial charge in [-0.1, -0.05) is 30.3 Å². The maximum absolute atomic E-state index is 13.3. The zero-order chi connectivity index (χ0) is 26.6. The number of aliphatic hydroxyl groups is 1. The summed E-state index contributed by atoms with van der Waals surface area (Å²) in [5, 5.41) is 21.1. The molecule has 1 amide bonds. The Hall–Kier alpha value is -5.04. The number of ketones is 1. The van der Waals surface area contributed by atoms with Crippen molar-refractivity contribution in [3.8, 4) is 23.0 Å². The molecule has 190 valence electrons. The molecule has 1 atom stereocenters. The second-order valence-corrected chi connectivity index (χ2v) is 8.63. The van der Waals surface area contributed by atoms with Crippen molar-refractivity contribution in [1.29, 1.82) is 0 Å². The van der Waals surface area contributed by atoms with Gasteiger partial charge in [0.2, 0.25) is 0 Å². The van der Waals surface area contributed by atoms with Crippen LogP contribution in [0.4, 0.5) is 5.69 Å². The number of phenolic OH excluding ortho intramolecular Hbond substituents is 1. The van der Waals surface area contributed by atoms with Crippen molar-refractivity contribution in [3.05, 3.63) is 120 Å². The average molecular weight is 508 g/mol. The highest BCUT2D eigenvalue weighted by Gasteiger charge is 2.47. The van der Waals surface area contributed by atoms with Crippen LogP contribution < -0.4 is 14.4 Å². The molecule has 0 aromatic heterocycles. The molecule has 2 N–H and O–H groups in total. The molecule has 0 spiro atoms. The van der Waals surface area contributed by atoms with Gasteiger partial charge in [0.05, 0.1) is 18.2 Å². The first-order chi connectivity index (χ1) is 18.5. The molecule has 7 nitrogen and oxygen atoms in total. The normalized spacial score (nSPS) is 16.4. The van der Waals surface area contributed by atoms with Crippen molar-refractivity contribution in [2.75, 3.05) is 11.5 Å². The van der Waals surface area contributed by atoms with Gasteiger partial charge in [-0.2, -0.15) is 0 Å². The maximum Gasteiger partial charge on any atom is 0.300 e. The van der Waals surface area contributed by atoms with Gasteiger partial charge < -0.3 is 19.7 Å². The summed E-state index contributed by atoms with van der Waals surface area (Å²) in [6, 6.07) is 28.0. The number of carbonyl (C=O) groups is 2. The number of hydrogen-bond donors (Lipinski definition) is 2. The van der Waals surface area contributed by atoms with Crippen LogP contribution in [0.3, 0.4) is 0 Å². The van der Waals surface area contributed by atoms with Gasteiger partial charge in [-0.25, -0.2) is 0 Å². The quantitative estimate of drug-likeness (QED) is 0.175. The van der Waals surface area contributed by atoms with E-state index in [2.05, 4.69) is 0 Å². The molecule has 1 aliphatic rings. The molecule has 4 aromatic carbocycles. The second kappa shape index (κ2) is 10.5. The SMILES string of the molecule is CCOc1ccc(/C(O)=C2\C(=O)C(=O)N(c3ccc(Oc4ccccc4)cc3)C2c2ccc(O)cc2)cc1. The number of amides is 1. The van der Waals surface area contributed by atoms with Crippen molar-refractivity contribution < 1.29 is 29.3 Å². The molecule has 1 heterocycles. The molecule has 38 heavy (non-hydrogen) atoms. The first-order valence-corrected chi connectivity index (χ1v) is 12.1. The second-order valence-electron chi connectivity index (χ2n) is 8.63. The third-order valence-corrected chi connectivity index (χ3v) is 6.19. The molecule has 0 aliphatic carbocycles. The van der Waals surface area contributed by atoms with E-state index in [1.165, 1.54) is 17.0 Å². The van der Waals surface area contributed by atoms with Crippen LogP contribution in [0.25, 0.3) is 5.76 Å². The number of rotatable bonds is 7. The summed E-state index contributed by atoms with van der Waals surface area (Å²) >= 11 is 0. The summed E-state index contributed by atoms with van der Waals surface area (Å²) in [5.74, 6) is 0.0200. The summed E-state index contributed by atoms with van der Waals surface area (Å²) in [5.41, 5.74) is 1.34. The minimum atomic E-state index is -0.914. The number of para-hydroxylation sites is 1. The Labute approximate surface area is 219 Å². The maximum atomic E-state index is 13.3. The number of nitrogens with zero attached hydrogens (tertiary/aromatic N) is 1. The molecular formula is C31H25NO6. The van der Waals surface area contributed by atoms with E-state index in [0.29, 0.717) is 40.7 Å². The number of benzene rings is 4. The van der Waals surface area contributed by atoms with Gasteiger partial charge in [-0.3, -0.25) is 14.5 Å². The van der Waals surface area contributed by atoms with Gasteiger partial charge in [0.1, 0.15) is 28.8 Å². The first kappa shape index (κ1) is 24.6. The van der Waals surface area contributed by atoms with Crippen LogP contribution >= 0.6 is 0 Å². The summed E-state index contributed by atoms with van der Waals surface area (Å²) in [7, 11) is 0. The summed E-state index contributed by atoms with van der Waals surface area (Å²) in [6.45, 7) is 2.36. The number of phenols is 1. The van der Waals surface area contributed by atoms with Gasteiger partial charge in [0.25, 0.3) is 11.7 Å². The number of hydrogen-bond acceptors (Lipinski definition) is 6.